The molecule has 0 saturated heterocycles. The van der Waals surface area contributed by atoms with Gasteiger partial charge in [-0.3, -0.25) is 4.79 Å². The van der Waals surface area contributed by atoms with Crippen molar-refractivity contribution >= 4 is 27.7 Å². The lowest BCUT2D eigenvalue weighted by molar-refractivity contribution is 0.0600. The Morgan fingerprint density at radius 1 is 1.23 bits per heavy atom. The van der Waals surface area contributed by atoms with E-state index in [2.05, 4.69) is 4.98 Å². The Bertz CT molecular complexity index is 913. The molecule has 3 rings (SSSR count). The molecule has 0 unspecified atom stereocenters. The molecule has 0 aliphatic rings. The van der Waals surface area contributed by atoms with Crippen LogP contribution in [0.2, 0.25) is 0 Å². The normalized spacial score (nSPS) is 10.6. The van der Waals surface area contributed by atoms with Crippen molar-refractivity contribution in [1.82, 2.24) is 8.94 Å². The van der Waals surface area contributed by atoms with Crippen LogP contribution >= 0.6 is 11.5 Å². The number of esters is 1. The molecule has 0 fully saturated rings. The van der Waals surface area contributed by atoms with E-state index in [-0.39, 0.29) is 11.1 Å². The smallest absolute Gasteiger partial charge is 0.340 e. The zero-order chi connectivity index (χ0) is 15.7. The van der Waals surface area contributed by atoms with Crippen LogP contribution in [0.25, 0.3) is 15.9 Å². The monoisotopic (exact) mass is 316 g/mol. The number of carbonyl (C=O) groups is 1. The zero-order valence-electron chi connectivity index (χ0n) is 11.9. The molecule has 2 heterocycles. The maximum absolute atomic E-state index is 12.6. The molecule has 1 aromatic carbocycles. The molecule has 7 heteroatoms. The molecule has 0 atom stereocenters. The number of hydrogen-bond donors (Lipinski definition) is 0. The van der Waals surface area contributed by atoms with Crippen molar-refractivity contribution < 1.29 is 14.3 Å². The molecule has 0 amide bonds. The second-order valence-electron chi connectivity index (χ2n) is 4.39. The van der Waals surface area contributed by atoms with Gasteiger partial charge in [0.25, 0.3) is 5.56 Å². The number of carbonyl (C=O) groups excluding carboxylic acids is 1. The number of methoxy groups -OCH3 is 2. The van der Waals surface area contributed by atoms with Gasteiger partial charge in [-0.1, -0.05) is 6.07 Å². The van der Waals surface area contributed by atoms with E-state index in [1.54, 1.807) is 36.5 Å². The number of rotatable bonds is 3. The molecular weight excluding hydrogens is 304 g/mol. The summed E-state index contributed by atoms with van der Waals surface area (Å²) in [5.74, 6) is -0.122. The number of pyridine rings is 1. The third-order valence-corrected chi connectivity index (χ3v) is 4.22. The van der Waals surface area contributed by atoms with Crippen LogP contribution in [-0.2, 0) is 4.74 Å². The minimum absolute atomic E-state index is 0.247. The summed E-state index contributed by atoms with van der Waals surface area (Å²) in [5, 5.41) is 0.495. The van der Waals surface area contributed by atoms with Gasteiger partial charge in [0.05, 0.1) is 25.2 Å². The third kappa shape index (κ3) is 2.15. The van der Waals surface area contributed by atoms with Crippen molar-refractivity contribution in [1.29, 1.82) is 0 Å². The van der Waals surface area contributed by atoms with Crippen molar-refractivity contribution in [2.45, 2.75) is 0 Å². The molecule has 22 heavy (non-hydrogen) atoms. The predicted molar refractivity (Wildman–Crippen MR) is 83.1 cm³/mol. The van der Waals surface area contributed by atoms with Gasteiger partial charge >= 0.3 is 5.97 Å². The summed E-state index contributed by atoms with van der Waals surface area (Å²) in [6.07, 6.45) is 1.62. The van der Waals surface area contributed by atoms with Crippen LogP contribution in [0, 0.1) is 0 Å². The maximum atomic E-state index is 12.6. The van der Waals surface area contributed by atoms with Crippen LogP contribution < -0.4 is 10.3 Å². The van der Waals surface area contributed by atoms with E-state index in [1.165, 1.54) is 18.2 Å². The van der Waals surface area contributed by atoms with Gasteiger partial charge in [0, 0.05) is 6.20 Å². The topological polar surface area (TPSA) is 70.4 Å². The first kappa shape index (κ1) is 14.3. The Labute approximate surface area is 129 Å². The highest BCUT2D eigenvalue weighted by atomic mass is 32.1. The number of hydrogen-bond acceptors (Lipinski definition) is 6. The van der Waals surface area contributed by atoms with Gasteiger partial charge < -0.3 is 9.47 Å². The lowest BCUT2D eigenvalue weighted by atomic mass is 10.1. The van der Waals surface area contributed by atoms with E-state index < -0.39 is 5.97 Å². The first-order chi connectivity index (χ1) is 10.7. The maximum Gasteiger partial charge on any atom is 0.340 e. The van der Waals surface area contributed by atoms with Gasteiger partial charge in [-0.2, -0.15) is 0 Å². The summed E-state index contributed by atoms with van der Waals surface area (Å²) < 4.78 is 11.5. The number of aromatic nitrogens is 2. The highest BCUT2D eigenvalue weighted by Gasteiger charge is 2.21. The van der Waals surface area contributed by atoms with Crippen molar-refractivity contribution in [3.63, 3.8) is 0 Å². The van der Waals surface area contributed by atoms with Crippen LogP contribution in [0.1, 0.15) is 10.4 Å². The van der Waals surface area contributed by atoms with E-state index >= 15 is 0 Å². The fraction of sp³-hybridized carbons (Fsp3) is 0.133. The molecule has 0 spiro atoms. The molecule has 2 aromatic heterocycles. The summed E-state index contributed by atoms with van der Waals surface area (Å²) >= 11 is 1.15. The Kier molecular flexibility index (Phi) is 3.64. The molecule has 3 aromatic rings. The number of para-hydroxylation sites is 1. The lowest BCUT2D eigenvalue weighted by Gasteiger charge is -2.11. The van der Waals surface area contributed by atoms with E-state index in [0.29, 0.717) is 21.7 Å². The van der Waals surface area contributed by atoms with Crippen LogP contribution in [0.3, 0.4) is 0 Å². The summed E-state index contributed by atoms with van der Waals surface area (Å²) in [6, 6.07) is 8.35. The molecule has 0 saturated carbocycles. The van der Waals surface area contributed by atoms with Crippen molar-refractivity contribution in [2.24, 2.45) is 0 Å². The van der Waals surface area contributed by atoms with Gasteiger partial charge in [0.2, 0.25) is 0 Å². The van der Waals surface area contributed by atoms with Gasteiger partial charge in [-0.15, -0.1) is 0 Å². The minimum Gasteiger partial charge on any atom is -0.494 e. The van der Waals surface area contributed by atoms with Crippen molar-refractivity contribution in [3.8, 4) is 11.4 Å². The largest absolute Gasteiger partial charge is 0.494 e. The number of benzene rings is 1. The molecule has 6 nitrogen and oxygen atoms in total. The minimum atomic E-state index is -0.536. The molecule has 0 aliphatic heterocycles. The molecule has 0 radical (unpaired) electrons. The first-order valence-electron chi connectivity index (χ1n) is 6.40. The first-order valence-corrected chi connectivity index (χ1v) is 7.17. The van der Waals surface area contributed by atoms with Gasteiger partial charge in [-0.05, 0) is 35.8 Å². The third-order valence-electron chi connectivity index (χ3n) is 3.19. The lowest BCUT2D eigenvalue weighted by Crippen LogP contribution is -2.16. The van der Waals surface area contributed by atoms with E-state index in [9.17, 15) is 9.59 Å². The highest BCUT2D eigenvalue weighted by molar-refractivity contribution is 7.13. The van der Waals surface area contributed by atoms with Crippen LogP contribution in [0.4, 0.5) is 0 Å². The van der Waals surface area contributed by atoms with Gasteiger partial charge in [0.1, 0.15) is 16.3 Å². The number of ether oxygens (including phenoxy) is 2. The fourth-order valence-electron chi connectivity index (χ4n) is 2.18. The predicted octanol–water partition coefficient (Wildman–Crippen LogP) is 2.24. The standard InChI is InChI=1S/C15H12N2O4S/c1-20-11-7-3-5-9(15(19)21-2)12(11)17-14(18)10-6-4-8-16-13(10)22-17/h3-8H,1-2H3. The highest BCUT2D eigenvalue weighted by Crippen LogP contribution is 2.29. The Morgan fingerprint density at radius 2 is 2.05 bits per heavy atom. The molecule has 112 valence electrons. The van der Waals surface area contributed by atoms with Crippen molar-refractivity contribution in [3.05, 3.63) is 52.4 Å². The molecule has 0 N–H and O–H groups in total. The van der Waals surface area contributed by atoms with E-state index in [0.717, 1.165) is 11.5 Å². The van der Waals surface area contributed by atoms with Crippen LogP contribution in [0.15, 0.2) is 41.3 Å². The average Bonchev–Trinajstić information content (AvgIpc) is 2.90. The Morgan fingerprint density at radius 3 is 2.73 bits per heavy atom. The van der Waals surface area contributed by atoms with Gasteiger partial charge in [0.15, 0.2) is 0 Å². The molecule has 0 bridgehead atoms. The number of nitrogens with zero attached hydrogens (tertiary/aromatic N) is 2. The summed E-state index contributed by atoms with van der Waals surface area (Å²) in [6.45, 7) is 0. The summed E-state index contributed by atoms with van der Waals surface area (Å²) in [7, 11) is 2.78. The second kappa shape index (κ2) is 5.61. The number of fused-ring (bicyclic) bond motifs is 1. The quantitative estimate of drug-likeness (QED) is 0.693. The van der Waals surface area contributed by atoms with Crippen molar-refractivity contribution in [2.75, 3.05) is 14.2 Å². The SMILES string of the molecule is COC(=O)c1cccc(OC)c1-n1sc2ncccc2c1=O. The van der Waals surface area contributed by atoms with Crippen LogP contribution in [0.5, 0.6) is 5.75 Å². The molecular formula is C15H12N2O4S. The summed E-state index contributed by atoms with van der Waals surface area (Å²) in [4.78, 5) is 29.4. The van der Waals surface area contributed by atoms with E-state index in [1.807, 2.05) is 0 Å². The van der Waals surface area contributed by atoms with Gasteiger partial charge in [-0.25, -0.2) is 13.7 Å². The van der Waals surface area contributed by atoms with E-state index in [4.69, 9.17) is 9.47 Å². The fourth-order valence-corrected chi connectivity index (χ4v) is 3.18. The zero-order valence-corrected chi connectivity index (χ0v) is 12.7. The summed E-state index contributed by atoms with van der Waals surface area (Å²) in [5.41, 5.74) is 0.378. The Hall–Kier alpha value is -2.67. The second-order valence-corrected chi connectivity index (χ2v) is 5.33. The van der Waals surface area contributed by atoms with Crippen LogP contribution in [-0.4, -0.2) is 29.1 Å². The Balaban J connectivity index is 2.36. The molecule has 0 aliphatic carbocycles. The average molecular weight is 316 g/mol.